The van der Waals surface area contributed by atoms with E-state index in [-0.39, 0.29) is 5.56 Å². The van der Waals surface area contributed by atoms with Crippen molar-refractivity contribution in [2.75, 3.05) is 0 Å². The van der Waals surface area contributed by atoms with Gasteiger partial charge in [-0.05, 0) is 35.9 Å². The van der Waals surface area contributed by atoms with Gasteiger partial charge in [0.05, 0.1) is 0 Å². The van der Waals surface area contributed by atoms with Gasteiger partial charge in [-0.15, -0.1) is 0 Å². The summed E-state index contributed by atoms with van der Waals surface area (Å²) in [5.74, 6) is -1.56. The molecular formula is C15H9Cl2FO2. The maximum Gasteiger partial charge on any atom is 0.328 e. The molecule has 1 N–H and O–H groups in total. The molecule has 20 heavy (non-hydrogen) atoms. The molecule has 5 heteroatoms. The number of carbonyl (C=O) groups is 1. The normalized spacial score (nSPS) is 10.9. The van der Waals surface area contributed by atoms with Gasteiger partial charge in [-0.2, -0.15) is 0 Å². The first-order valence-electron chi connectivity index (χ1n) is 5.64. The molecule has 102 valence electrons. The molecule has 2 aromatic carbocycles. The van der Waals surface area contributed by atoms with Crippen LogP contribution in [0.4, 0.5) is 4.39 Å². The highest BCUT2D eigenvalue weighted by Gasteiger charge is 2.13. The van der Waals surface area contributed by atoms with E-state index < -0.39 is 11.8 Å². The fourth-order valence-corrected chi connectivity index (χ4v) is 2.36. The number of carboxylic acid groups (broad SMARTS) is 1. The van der Waals surface area contributed by atoms with Crippen LogP contribution in [0.3, 0.4) is 0 Å². The summed E-state index contributed by atoms with van der Waals surface area (Å²) in [7, 11) is 0. The molecule has 0 fully saturated rings. The molecule has 0 heterocycles. The molecule has 0 aliphatic heterocycles. The fraction of sp³-hybridized carbons (Fsp3) is 0. The fourth-order valence-electron chi connectivity index (χ4n) is 1.76. The molecule has 0 unspecified atom stereocenters. The van der Waals surface area contributed by atoms with Crippen LogP contribution in [0.15, 0.2) is 42.5 Å². The van der Waals surface area contributed by atoms with Crippen LogP contribution >= 0.6 is 23.2 Å². The SMILES string of the molecule is O=C(O)/C=C/c1ccc(F)c(-c2c(Cl)cccc2Cl)c1. The van der Waals surface area contributed by atoms with Gasteiger partial charge in [0.1, 0.15) is 5.82 Å². The zero-order chi connectivity index (χ0) is 14.7. The van der Waals surface area contributed by atoms with Crippen molar-refractivity contribution in [3.8, 4) is 11.1 Å². The van der Waals surface area contributed by atoms with Crippen LogP contribution in [0.2, 0.25) is 10.0 Å². The van der Waals surface area contributed by atoms with Crippen LogP contribution in [-0.2, 0) is 4.79 Å². The third-order valence-electron chi connectivity index (χ3n) is 2.64. The lowest BCUT2D eigenvalue weighted by Crippen LogP contribution is -1.89. The van der Waals surface area contributed by atoms with Gasteiger partial charge in [-0.3, -0.25) is 0 Å². The van der Waals surface area contributed by atoms with Crippen molar-refractivity contribution < 1.29 is 14.3 Å². The molecule has 2 aromatic rings. The molecule has 0 atom stereocenters. The maximum absolute atomic E-state index is 14.0. The quantitative estimate of drug-likeness (QED) is 0.819. The van der Waals surface area contributed by atoms with Gasteiger partial charge in [0.15, 0.2) is 0 Å². The molecule has 2 rings (SSSR count). The van der Waals surface area contributed by atoms with Crippen LogP contribution in [0.5, 0.6) is 0 Å². The number of carboxylic acids is 1. The number of halogens is 3. The summed E-state index contributed by atoms with van der Waals surface area (Å²) in [4.78, 5) is 10.5. The third-order valence-corrected chi connectivity index (χ3v) is 3.27. The summed E-state index contributed by atoms with van der Waals surface area (Å²) in [6.45, 7) is 0. The zero-order valence-corrected chi connectivity index (χ0v) is 11.6. The van der Waals surface area contributed by atoms with Crippen molar-refractivity contribution in [2.24, 2.45) is 0 Å². The second kappa shape index (κ2) is 6.07. The predicted octanol–water partition coefficient (Wildman–Crippen LogP) is 4.90. The lowest BCUT2D eigenvalue weighted by atomic mass is 10.0. The molecule has 0 bridgehead atoms. The van der Waals surface area contributed by atoms with Crippen LogP contribution in [0.25, 0.3) is 17.2 Å². The Morgan fingerprint density at radius 3 is 2.40 bits per heavy atom. The molecule has 2 nitrogen and oxygen atoms in total. The molecule has 0 aromatic heterocycles. The Hall–Kier alpha value is -1.84. The Morgan fingerprint density at radius 1 is 1.15 bits per heavy atom. The Kier molecular flexibility index (Phi) is 4.42. The zero-order valence-electron chi connectivity index (χ0n) is 10.1. The van der Waals surface area contributed by atoms with Crippen LogP contribution in [-0.4, -0.2) is 11.1 Å². The highest BCUT2D eigenvalue weighted by atomic mass is 35.5. The summed E-state index contributed by atoms with van der Waals surface area (Å²) in [6.07, 6.45) is 2.35. The van der Waals surface area contributed by atoms with Crippen LogP contribution < -0.4 is 0 Å². The number of rotatable bonds is 3. The monoisotopic (exact) mass is 310 g/mol. The van der Waals surface area contributed by atoms with E-state index >= 15 is 0 Å². The van der Waals surface area contributed by atoms with Crippen LogP contribution in [0, 0.1) is 5.82 Å². The minimum atomic E-state index is -1.08. The second-order valence-corrected chi connectivity index (χ2v) is 4.82. The number of hydrogen-bond acceptors (Lipinski definition) is 1. The average Bonchev–Trinajstić information content (AvgIpc) is 2.39. The van der Waals surface area contributed by atoms with Gasteiger partial charge in [-0.25, -0.2) is 9.18 Å². The van der Waals surface area contributed by atoms with Gasteiger partial charge >= 0.3 is 5.97 Å². The molecule has 0 aliphatic rings. The van der Waals surface area contributed by atoms with E-state index in [9.17, 15) is 9.18 Å². The Balaban J connectivity index is 2.56. The van der Waals surface area contributed by atoms with Crippen LogP contribution in [0.1, 0.15) is 5.56 Å². The van der Waals surface area contributed by atoms with Crippen molar-refractivity contribution >= 4 is 35.2 Å². The average molecular weight is 311 g/mol. The highest BCUT2D eigenvalue weighted by molar-refractivity contribution is 6.39. The summed E-state index contributed by atoms with van der Waals surface area (Å²) in [5, 5.41) is 9.26. The minimum absolute atomic E-state index is 0.230. The van der Waals surface area contributed by atoms with E-state index in [4.69, 9.17) is 28.3 Å². The van der Waals surface area contributed by atoms with Gasteiger partial charge in [-0.1, -0.05) is 35.3 Å². The summed E-state index contributed by atoms with van der Waals surface area (Å²) >= 11 is 12.1. The van der Waals surface area contributed by atoms with Crippen molar-refractivity contribution in [2.45, 2.75) is 0 Å². The molecule has 0 aliphatic carbocycles. The summed E-state index contributed by atoms with van der Waals surface area (Å²) in [6, 6.07) is 9.12. The number of hydrogen-bond donors (Lipinski definition) is 1. The van der Waals surface area contributed by atoms with Crippen molar-refractivity contribution in [3.05, 3.63) is 63.9 Å². The standard InChI is InChI=1S/C15H9Cl2FO2/c16-11-2-1-3-12(17)15(11)10-8-9(4-6-13(10)18)5-7-14(19)20/h1-8H,(H,19,20)/b7-5+. The molecule has 0 amide bonds. The van der Waals surface area contributed by atoms with E-state index in [2.05, 4.69) is 0 Å². The summed E-state index contributed by atoms with van der Waals surface area (Å²) < 4.78 is 14.0. The molecule has 0 saturated heterocycles. The second-order valence-electron chi connectivity index (χ2n) is 4.01. The minimum Gasteiger partial charge on any atom is -0.478 e. The van der Waals surface area contributed by atoms with Gasteiger partial charge in [0, 0.05) is 27.2 Å². The van der Waals surface area contributed by atoms with Crippen molar-refractivity contribution in [1.29, 1.82) is 0 Å². The largest absolute Gasteiger partial charge is 0.478 e. The number of benzene rings is 2. The van der Waals surface area contributed by atoms with E-state index in [1.165, 1.54) is 24.3 Å². The summed E-state index contributed by atoms with van der Waals surface area (Å²) in [5.41, 5.74) is 1.16. The maximum atomic E-state index is 14.0. The third kappa shape index (κ3) is 3.18. The van der Waals surface area contributed by atoms with E-state index in [0.717, 1.165) is 6.08 Å². The first kappa shape index (κ1) is 14.6. The van der Waals surface area contributed by atoms with Crippen molar-refractivity contribution in [1.82, 2.24) is 0 Å². The Bertz CT molecular complexity index is 676. The predicted molar refractivity (Wildman–Crippen MR) is 78.5 cm³/mol. The highest BCUT2D eigenvalue weighted by Crippen LogP contribution is 2.36. The van der Waals surface area contributed by atoms with Gasteiger partial charge in [0.2, 0.25) is 0 Å². The lowest BCUT2D eigenvalue weighted by molar-refractivity contribution is -0.131. The smallest absolute Gasteiger partial charge is 0.328 e. The molecule has 0 spiro atoms. The Labute approximate surface area is 125 Å². The van der Waals surface area contributed by atoms with Crippen molar-refractivity contribution in [3.63, 3.8) is 0 Å². The van der Waals surface area contributed by atoms with E-state index in [0.29, 0.717) is 21.2 Å². The van der Waals surface area contributed by atoms with Gasteiger partial charge < -0.3 is 5.11 Å². The van der Waals surface area contributed by atoms with E-state index in [1.807, 2.05) is 0 Å². The first-order valence-corrected chi connectivity index (χ1v) is 6.39. The lowest BCUT2D eigenvalue weighted by Gasteiger charge is -2.09. The topological polar surface area (TPSA) is 37.3 Å². The Morgan fingerprint density at radius 2 is 1.80 bits per heavy atom. The molecular weight excluding hydrogens is 302 g/mol. The van der Waals surface area contributed by atoms with Gasteiger partial charge in [0.25, 0.3) is 0 Å². The molecule has 0 saturated carbocycles. The molecule has 0 radical (unpaired) electrons. The first-order chi connectivity index (χ1) is 9.49. The number of aliphatic carboxylic acids is 1. The van der Waals surface area contributed by atoms with E-state index in [1.54, 1.807) is 18.2 Å².